The molecule has 0 atom stereocenters. The molecule has 0 saturated carbocycles. The maximum Gasteiger partial charge on any atom is 0.416 e. The van der Waals surface area contributed by atoms with Crippen molar-refractivity contribution in [2.24, 2.45) is 0 Å². The molecule has 2 aromatic carbocycles. The van der Waals surface area contributed by atoms with E-state index in [1.54, 1.807) is 26.8 Å². The van der Waals surface area contributed by atoms with Gasteiger partial charge in [0.2, 0.25) is 15.8 Å². The summed E-state index contributed by atoms with van der Waals surface area (Å²) in [4.78, 5) is 4.32. The average molecular weight is 479 g/mol. The molecule has 7 nitrogen and oxygen atoms in total. The molecular weight excluding hydrogens is 459 g/mol. The quantitative estimate of drug-likeness (QED) is 0.362. The minimum atomic E-state index is -4.50. The van der Waals surface area contributed by atoms with Crippen molar-refractivity contribution in [1.29, 1.82) is 0 Å². The maximum atomic E-state index is 13.0. The van der Waals surface area contributed by atoms with E-state index in [9.17, 15) is 21.6 Å². The van der Waals surface area contributed by atoms with Crippen molar-refractivity contribution in [2.45, 2.75) is 31.8 Å². The van der Waals surface area contributed by atoms with Gasteiger partial charge in [0.25, 0.3) is 5.89 Å². The third-order valence-electron chi connectivity index (χ3n) is 5.32. The van der Waals surface area contributed by atoms with Crippen LogP contribution in [0.1, 0.15) is 25.0 Å². The van der Waals surface area contributed by atoms with Gasteiger partial charge in [0.05, 0.1) is 10.5 Å². The van der Waals surface area contributed by atoms with E-state index in [0.29, 0.717) is 29.6 Å². The van der Waals surface area contributed by atoms with E-state index >= 15 is 0 Å². The summed E-state index contributed by atoms with van der Waals surface area (Å²) in [5, 5.41) is 4.34. The molecule has 33 heavy (non-hydrogen) atoms. The molecule has 4 rings (SSSR count). The lowest BCUT2D eigenvalue weighted by Gasteiger charge is -2.18. The van der Waals surface area contributed by atoms with Crippen LogP contribution in [0.5, 0.6) is 0 Å². The van der Waals surface area contributed by atoms with Crippen LogP contribution in [-0.4, -0.2) is 36.0 Å². The molecule has 0 spiro atoms. The highest BCUT2D eigenvalue weighted by molar-refractivity contribution is 7.89. The summed E-state index contributed by atoms with van der Waals surface area (Å²) in [6.45, 7) is 5.92. The highest BCUT2D eigenvalue weighted by Crippen LogP contribution is 2.36. The van der Waals surface area contributed by atoms with Crippen LogP contribution in [0.15, 0.2) is 56.3 Å². The molecule has 0 bridgehead atoms. The van der Waals surface area contributed by atoms with E-state index in [1.807, 2.05) is 0 Å². The van der Waals surface area contributed by atoms with E-state index in [0.717, 1.165) is 12.1 Å². The van der Waals surface area contributed by atoms with Gasteiger partial charge >= 0.3 is 6.18 Å². The second-order valence-electron chi connectivity index (χ2n) is 7.31. The number of halogens is 3. The Balaban J connectivity index is 1.74. The van der Waals surface area contributed by atoms with Crippen LogP contribution in [0.4, 0.5) is 13.2 Å². The first kappa shape index (κ1) is 23.0. The Morgan fingerprint density at radius 2 is 1.79 bits per heavy atom. The Labute approximate surface area is 187 Å². The Morgan fingerprint density at radius 3 is 2.45 bits per heavy atom. The van der Waals surface area contributed by atoms with Crippen LogP contribution in [0.25, 0.3) is 34.0 Å². The average Bonchev–Trinajstić information content (AvgIpc) is 3.39. The normalized spacial score (nSPS) is 12.7. The highest BCUT2D eigenvalue weighted by Gasteiger charge is 2.31. The summed E-state index contributed by atoms with van der Waals surface area (Å²) < 4.78 is 77.2. The zero-order valence-electron chi connectivity index (χ0n) is 18.0. The molecular formula is C22H20F3N3O4S. The number of sulfonamides is 1. The van der Waals surface area contributed by atoms with E-state index < -0.39 is 21.8 Å². The molecule has 0 aliphatic carbocycles. The number of hydrogen-bond donors (Lipinski definition) is 0. The van der Waals surface area contributed by atoms with Crippen molar-refractivity contribution in [3.05, 3.63) is 53.6 Å². The van der Waals surface area contributed by atoms with Gasteiger partial charge in [-0.25, -0.2) is 8.42 Å². The van der Waals surface area contributed by atoms with Crippen molar-refractivity contribution in [2.75, 3.05) is 13.1 Å². The van der Waals surface area contributed by atoms with Crippen LogP contribution in [0, 0.1) is 6.92 Å². The summed E-state index contributed by atoms with van der Waals surface area (Å²) in [5.41, 5.74) is 0.301. The monoisotopic (exact) mass is 479 g/mol. The fourth-order valence-corrected chi connectivity index (χ4v) is 5.03. The molecule has 2 aromatic heterocycles. The van der Waals surface area contributed by atoms with Gasteiger partial charge < -0.3 is 8.94 Å². The number of nitrogens with zero attached hydrogens (tertiary/aromatic N) is 3. The number of benzene rings is 2. The van der Waals surface area contributed by atoms with Crippen LogP contribution < -0.4 is 0 Å². The molecule has 2 heterocycles. The number of hydrogen-bond acceptors (Lipinski definition) is 6. The number of fused-ring (bicyclic) bond motifs is 1. The van der Waals surface area contributed by atoms with Gasteiger partial charge in [-0.1, -0.05) is 31.1 Å². The number of alkyl halides is 3. The maximum absolute atomic E-state index is 13.0. The standard InChI is InChI=1S/C22H20F3N3O4S/c1-4-28(5-2)33(29,30)16-9-10-18-17(12-16)13(3)19(31-18)21-26-20(27-32-21)14-7-6-8-15(11-14)22(23,24)25/h6-12H,4-5H2,1-3H3. The van der Waals surface area contributed by atoms with Crippen LogP contribution in [-0.2, 0) is 16.2 Å². The van der Waals surface area contributed by atoms with Crippen molar-refractivity contribution in [3.8, 4) is 23.0 Å². The minimum absolute atomic E-state index is 0.0238. The van der Waals surface area contributed by atoms with E-state index in [4.69, 9.17) is 8.94 Å². The molecule has 11 heteroatoms. The molecule has 4 aromatic rings. The lowest BCUT2D eigenvalue weighted by atomic mass is 10.1. The molecule has 0 saturated heterocycles. The Hall–Kier alpha value is -3.18. The van der Waals surface area contributed by atoms with Gasteiger partial charge in [-0.2, -0.15) is 22.5 Å². The van der Waals surface area contributed by atoms with Crippen molar-refractivity contribution < 1.29 is 30.5 Å². The third-order valence-corrected chi connectivity index (χ3v) is 7.37. The Kier molecular flexibility index (Phi) is 5.79. The first-order valence-electron chi connectivity index (χ1n) is 10.1. The van der Waals surface area contributed by atoms with Crippen molar-refractivity contribution in [3.63, 3.8) is 0 Å². The first-order valence-corrected chi connectivity index (χ1v) is 11.5. The third kappa shape index (κ3) is 4.13. The smallest absolute Gasteiger partial charge is 0.416 e. The van der Waals surface area contributed by atoms with Gasteiger partial charge in [0.1, 0.15) is 5.58 Å². The lowest BCUT2D eigenvalue weighted by molar-refractivity contribution is -0.137. The molecule has 0 radical (unpaired) electrons. The Bertz CT molecular complexity index is 1420. The molecule has 0 amide bonds. The van der Waals surface area contributed by atoms with E-state index in [1.165, 1.54) is 28.6 Å². The largest absolute Gasteiger partial charge is 0.451 e. The number of aryl methyl sites for hydroxylation is 1. The predicted octanol–water partition coefficient (Wildman–Crippen LogP) is 5.51. The van der Waals surface area contributed by atoms with E-state index in [-0.39, 0.29) is 27.9 Å². The van der Waals surface area contributed by atoms with Crippen LogP contribution >= 0.6 is 0 Å². The molecule has 174 valence electrons. The van der Waals surface area contributed by atoms with Gasteiger partial charge in [-0.15, -0.1) is 0 Å². The Morgan fingerprint density at radius 1 is 1.06 bits per heavy atom. The number of aromatic nitrogens is 2. The van der Waals surface area contributed by atoms with Gasteiger partial charge in [-0.3, -0.25) is 0 Å². The second-order valence-corrected chi connectivity index (χ2v) is 9.24. The summed E-state index contributed by atoms with van der Waals surface area (Å²) in [5.74, 6) is 0.165. The topological polar surface area (TPSA) is 89.4 Å². The first-order chi connectivity index (χ1) is 15.6. The highest BCUT2D eigenvalue weighted by atomic mass is 32.2. The predicted molar refractivity (Wildman–Crippen MR) is 115 cm³/mol. The number of rotatable bonds is 6. The molecule has 0 aliphatic rings. The number of furan rings is 1. The molecule has 0 N–H and O–H groups in total. The summed E-state index contributed by atoms with van der Waals surface area (Å²) in [7, 11) is -3.66. The molecule has 0 fully saturated rings. The van der Waals surface area contributed by atoms with E-state index in [2.05, 4.69) is 10.1 Å². The van der Waals surface area contributed by atoms with Gasteiger partial charge in [0.15, 0.2) is 5.76 Å². The zero-order valence-corrected chi connectivity index (χ0v) is 18.8. The lowest BCUT2D eigenvalue weighted by Crippen LogP contribution is -2.30. The van der Waals surface area contributed by atoms with Gasteiger partial charge in [0, 0.05) is 29.6 Å². The summed E-state index contributed by atoms with van der Waals surface area (Å²) >= 11 is 0. The SMILES string of the molecule is CCN(CC)S(=O)(=O)c1ccc2oc(-c3nc(-c4cccc(C(F)(F)F)c4)no3)c(C)c2c1. The zero-order chi connectivity index (χ0) is 24.0. The summed E-state index contributed by atoms with van der Waals surface area (Å²) in [6, 6.07) is 9.13. The molecule has 0 unspecified atom stereocenters. The second kappa shape index (κ2) is 8.31. The molecule has 0 aliphatic heterocycles. The fourth-order valence-electron chi connectivity index (χ4n) is 3.54. The van der Waals surface area contributed by atoms with Crippen molar-refractivity contribution >= 4 is 21.0 Å². The summed E-state index contributed by atoms with van der Waals surface area (Å²) in [6.07, 6.45) is -4.50. The fraction of sp³-hybridized carbons (Fsp3) is 0.273. The van der Waals surface area contributed by atoms with Crippen molar-refractivity contribution in [1.82, 2.24) is 14.4 Å². The van der Waals surface area contributed by atoms with Crippen LogP contribution in [0.2, 0.25) is 0 Å². The van der Waals surface area contributed by atoms with Crippen LogP contribution in [0.3, 0.4) is 0 Å². The van der Waals surface area contributed by atoms with Gasteiger partial charge in [-0.05, 0) is 37.3 Å². The minimum Gasteiger partial charge on any atom is -0.451 e.